The summed E-state index contributed by atoms with van der Waals surface area (Å²) in [5.74, 6) is 0.158. The maximum absolute atomic E-state index is 13.3. The van der Waals surface area contributed by atoms with Gasteiger partial charge in [0.05, 0.1) is 5.69 Å². The molecule has 2 N–H and O–H groups in total. The van der Waals surface area contributed by atoms with E-state index in [1.54, 1.807) is 6.20 Å². The van der Waals surface area contributed by atoms with E-state index in [1.807, 2.05) is 18.2 Å². The third-order valence-electron chi connectivity index (χ3n) is 5.76. The minimum Gasteiger partial charge on any atom is -0.367 e. The minimum atomic E-state index is -4.39. The van der Waals surface area contributed by atoms with E-state index in [1.165, 1.54) is 4.57 Å². The number of fused-ring (bicyclic) bond motifs is 1. The lowest BCUT2D eigenvalue weighted by Crippen LogP contribution is -2.37. The van der Waals surface area contributed by atoms with Crippen molar-refractivity contribution >= 4 is 5.82 Å². The average Bonchev–Trinajstić information content (AvgIpc) is 3.08. The number of nitrogens with one attached hydrogen (secondary N) is 2. The fraction of sp³-hybridized carbons (Fsp3) is 0.600. The molecule has 0 unspecified atom stereocenters. The second-order valence-electron chi connectivity index (χ2n) is 7.72. The van der Waals surface area contributed by atoms with Crippen molar-refractivity contribution in [2.45, 2.75) is 76.3 Å². The monoisotopic (exact) mass is 393 g/mol. The highest BCUT2D eigenvalue weighted by Gasteiger charge is 2.39. The topological polar surface area (TPSA) is 54.8 Å². The molecule has 0 bridgehead atoms. The number of alkyl halides is 3. The van der Waals surface area contributed by atoms with Crippen molar-refractivity contribution < 1.29 is 13.2 Å². The zero-order valence-corrected chi connectivity index (χ0v) is 15.8. The minimum absolute atomic E-state index is 0.317. The highest BCUT2D eigenvalue weighted by Crippen LogP contribution is 2.33. The molecule has 2 aromatic rings. The molecule has 28 heavy (non-hydrogen) atoms. The van der Waals surface area contributed by atoms with Crippen molar-refractivity contribution in [3.63, 3.8) is 0 Å². The molecule has 8 heteroatoms. The number of hydrogen-bond donors (Lipinski definition) is 2. The van der Waals surface area contributed by atoms with E-state index in [9.17, 15) is 13.2 Å². The molecule has 1 fully saturated rings. The summed E-state index contributed by atoms with van der Waals surface area (Å²) >= 11 is 0. The zero-order valence-electron chi connectivity index (χ0n) is 15.8. The number of rotatable bonds is 5. The Hall–Kier alpha value is -2.09. The predicted molar refractivity (Wildman–Crippen MR) is 101 cm³/mol. The second-order valence-corrected chi connectivity index (χ2v) is 7.72. The van der Waals surface area contributed by atoms with Gasteiger partial charge < -0.3 is 15.2 Å². The Kier molecular flexibility index (Phi) is 5.57. The number of nitrogens with zero attached hydrogens (tertiary/aromatic N) is 3. The first-order valence-electron chi connectivity index (χ1n) is 10.1. The van der Waals surface area contributed by atoms with E-state index in [4.69, 9.17) is 0 Å². The van der Waals surface area contributed by atoms with Crippen LogP contribution in [0, 0.1) is 0 Å². The van der Waals surface area contributed by atoms with Crippen LogP contribution in [0.1, 0.15) is 55.7 Å². The number of pyridine rings is 1. The van der Waals surface area contributed by atoms with Gasteiger partial charge in [-0.05, 0) is 57.1 Å². The van der Waals surface area contributed by atoms with Crippen molar-refractivity contribution in [2.75, 3.05) is 5.32 Å². The van der Waals surface area contributed by atoms with Crippen molar-refractivity contribution in [1.29, 1.82) is 0 Å². The van der Waals surface area contributed by atoms with E-state index in [2.05, 4.69) is 20.6 Å². The van der Waals surface area contributed by atoms with Gasteiger partial charge in [-0.25, -0.2) is 9.97 Å². The Morgan fingerprint density at radius 2 is 1.86 bits per heavy atom. The second kappa shape index (κ2) is 8.11. The predicted octanol–water partition coefficient (Wildman–Crippen LogP) is 4.15. The van der Waals surface area contributed by atoms with Gasteiger partial charge in [0.15, 0.2) is 0 Å². The molecule has 4 rings (SSSR count). The number of aromatic nitrogens is 3. The van der Waals surface area contributed by atoms with Crippen LogP contribution in [0.2, 0.25) is 0 Å². The molecule has 2 aromatic heterocycles. The smallest absolute Gasteiger partial charge is 0.367 e. The standard InChI is InChI=1S/C20H26F3N5/c21-20(22,23)19-27-16(17-5-2-4-12-28(17)19)13-25-14-7-9-15(10-8-14)26-18-6-1-3-11-24-18/h1,3,6,11,14-15,25H,2,4-5,7-10,12-13H2,(H,24,26). The molecular weight excluding hydrogens is 367 g/mol. The summed E-state index contributed by atoms with van der Waals surface area (Å²) in [5.41, 5.74) is 1.33. The largest absolute Gasteiger partial charge is 0.449 e. The summed E-state index contributed by atoms with van der Waals surface area (Å²) in [6, 6.07) is 6.53. The summed E-state index contributed by atoms with van der Waals surface area (Å²) in [4.78, 5) is 8.27. The molecule has 1 aliphatic heterocycles. The zero-order chi connectivity index (χ0) is 19.6. The summed E-state index contributed by atoms with van der Waals surface area (Å²) in [6.07, 6.45) is 3.80. The van der Waals surface area contributed by atoms with E-state index in [-0.39, 0.29) is 0 Å². The molecule has 0 atom stereocenters. The first-order valence-corrected chi connectivity index (χ1v) is 10.1. The molecule has 1 saturated carbocycles. The Labute approximate surface area is 162 Å². The van der Waals surface area contributed by atoms with Crippen molar-refractivity contribution in [3.8, 4) is 0 Å². The summed E-state index contributed by atoms with van der Waals surface area (Å²) in [5, 5.41) is 6.91. The molecule has 152 valence electrons. The SMILES string of the molecule is FC(F)(F)c1nc(CNC2CCC(Nc3ccccn3)CC2)c2n1CCCC2. The molecule has 0 amide bonds. The van der Waals surface area contributed by atoms with E-state index in [0.717, 1.165) is 50.0 Å². The lowest BCUT2D eigenvalue weighted by molar-refractivity contribution is -0.147. The van der Waals surface area contributed by atoms with Crippen LogP contribution in [-0.4, -0.2) is 26.6 Å². The van der Waals surface area contributed by atoms with Crippen LogP contribution in [0.3, 0.4) is 0 Å². The molecule has 0 saturated heterocycles. The lowest BCUT2D eigenvalue weighted by Gasteiger charge is -2.30. The molecule has 5 nitrogen and oxygen atoms in total. The van der Waals surface area contributed by atoms with Crippen molar-refractivity contribution in [2.24, 2.45) is 0 Å². The van der Waals surface area contributed by atoms with Gasteiger partial charge in [-0.1, -0.05) is 6.07 Å². The van der Waals surface area contributed by atoms with Gasteiger partial charge in [0.1, 0.15) is 5.82 Å². The number of anilines is 1. The average molecular weight is 393 g/mol. The maximum atomic E-state index is 13.3. The molecule has 2 aliphatic rings. The van der Waals surface area contributed by atoms with Crippen LogP contribution in [0.4, 0.5) is 19.0 Å². The van der Waals surface area contributed by atoms with E-state index >= 15 is 0 Å². The first-order chi connectivity index (χ1) is 13.5. The first kappa shape index (κ1) is 19.2. The summed E-state index contributed by atoms with van der Waals surface area (Å²) in [7, 11) is 0. The van der Waals surface area contributed by atoms with Gasteiger partial charge in [0, 0.05) is 37.1 Å². The van der Waals surface area contributed by atoms with Gasteiger partial charge in [0.2, 0.25) is 5.82 Å². The third kappa shape index (κ3) is 4.32. The van der Waals surface area contributed by atoms with Crippen LogP contribution in [-0.2, 0) is 25.7 Å². The fourth-order valence-electron chi connectivity index (χ4n) is 4.32. The molecule has 3 heterocycles. The molecular formula is C20H26F3N5. The Morgan fingerprint density at radius 3 is 2.57 bits per heavy atom. The number of hydrogen-bond acceptors (Lipinski definition) is 4. The Bertz CT molecular complexity index is 779. The van der Waals surface area contributed by atoms with Gasteiger partial charge >= 0.3 is 6.18 Å². The van der Waals surface area contributed by atoms with Crippen LogP contribution in [0.15, 0.2) is 24.4 Å². The summed E-state index contributed by atoms with van der Waals surface area (Å²) in [6.45, 7) is 0.829. The van der Waals surface area contributed by atoms with Crippen LogP contribution in [0.5, 0.6) is 0 Å². The van der Waals surface area contributed by atoms with Gasteiger partial charge in [-0.15, -0.1) is 0 Å². The van der Waals surface area contributed by atoms with Crippen LogP contribution in [0.25, 0.3) is 0 Å². The number of halogens is 3. The van der Waals surface area contributed by atoms with E-state index in [0.29, 0.717) is 37.3 Å². The van der Waals surface area contributed by atoms with E-state index < -0.39 is 12.0 Å². The quantitative estimate of drug-likeness (QED) is 0.802. The van der Waals surface area contributed by atoms with Crippen molar-refractivity contribution in [1.82, 2.24) is 19.9 Å². The highest BCUT2D eigenvalue weighted by molar-refractivity contribution is 5.34. The molecule has 0 aromatic carbocycles. The lowest BCUT2D eigenvalue weighted by atomic mass is 9.91. The molecule has 0 spiro atoms. The maximum Gasteiger partial charge on any atom is 0.449 e. The molecule has 1 aliphatic carbocycles. The van der Waals surface area contributed by atoms with Crippen molar-refractivity contribution in [3.05, 3.63) is 41.6 Å². The Balaban J connectivity index is 1.33. The fourth-order valence-corrected chi connectivity index (χ4v) is 4.32. The number of imidazole rings is 1. The molecule has 0 radical (unpaired) electrons. The third-order valence-corrected chi connectivity index (χ3v) is 5.76. The van der Waals surface area contributed by atoms with Crippen LogP contribution >= 0.6 is 0 Å². The summed E-state index contributed by atoms with van der Waals surface area (Å²) < 4.78 is 41.3. The highest BCUT2D eigenvalue weighted by atomic mass is 19.4. The van der Waals surface area contributed by atoms with Crippen LogP contribution < -0.4 is 10.6 Å². The Morgan fingerprint density at radius 1 is 1.07 bits per heavy atom. The van der Waals surface area contributed by atoms with Gasteiger partial charge in [-0.3, -0.25) is 0 Å². The normalized spacial score (nSPS) is 22.7. The van der Waals surface area contributed by atoms with Gasteiger partial charge in [-0.2, -0.15) is 13.2 Å². The van der Waals surface area contributed by atoms with Gasteiger partial charge in [0.25, 0.3) is 0 Å².